The number of nitrogens with one attached hydrogen (secondary N) is 2. The average molecular weight is 338 g/mol. The van der Waals surface area contributed by atoms with Gasteiger partial charge in [-0.1, -0.05) is 29.8 Å². The lowest BCUT2D eigenvalue weighted by Crippen LogP contribution is -2.11. The second-order valence-corrected chi connectivity index (χ2v) is 5.63. The van der Waals surface area contributed by atoms with Crippen LogP contribution < -0.4 is 10.6 Å². The van der Waals surface area contributed by atoms with Gasteiger partial charge in [-0.2, -0.15) is 0 Å². The zero-order valence-electron chi connectivity index (χ0n) is 12.9. The van der Waals surface area contributed by atoms with Crippen LogP contribution in [0.15, 0.2) is 73.1 Å². The van der Waals surface area contributed by atoms with Crippen molar-refractivity contribution in [2.45, 2.75) is 6.54 Å². The highest BCUT2D eigenvalue weighted by molar-refractivity contribution is 6.31. The maximum Gasteiger partial charge on any atom is 0.257 e. The molecule has 0 aliphatic heterocycles. The molecule has 0 radical (unpaired) electrons. The fourth-order valence-electron chi connectivity index (χ4n) is 2.21. The molecule has 3 aromatic rings. The molecule has 120 valence electrons. The average Bonchev–Trinajstić information content (AvgIpc) is 2.63. The number of pyridine rings is 1. The number of carbonyl (C=O) groups excluding carboxylic acids is 1. The number of hydrogen-bond acceptors (Lipinski definition) is 3. The molecule has 0 atom stereocenters. The first kappa shape index (κ1) is 16.0. The van der Waals surface area contributed by atoms with E-state index in [2.05, 4.69) is 15.6 Å². The van der Waals surface area contributed by atoms with Gasteiger partial charge in [0.1, 0.15) is 0 Å². The van der Waals surface area contributed by atoms with Crippen LogP contribution in [0.4, 0.5) is 11.4 Å². The first-order chi connectivity index (χ1) is 11.7. The maximum atomic E-state index is 12.1. The summed E-state index contributed by atoms with van der Waals surface area (Å²) in [4.78, 5) is 16.0. The van der Waals surface area contributed by atoms with Crippen molar-refractivity contribution in [1.82, 2.24) is 4.98 Å². The summed E-state index contributed by atoms with van der Waals surface area (Å²) < 4.78 is 0. The van der Waals surface area contributed by atoms with Gasteiger partial charge in [-0.3, -0.25) is 9.78 Å². The molecule has 0 fully saturated rings. The normalized spacial score (nSPS) is 10.2. The maximum absolute atomic E-state index is 12.1. The van der Waals surface area contributed by atoms with Gasteiger partial charge in [-0.05, 0) is 48.0 Å². The Labute approximate surface area is 145 Å². The molecule has 24 heavy (non-hydrogen) atoms. The van der Waals surface area contributed by atoms with E-state index < -0.39 is 0 Å². The quantitative estimate of drug-likeness (QED) is 0.715. The van der Waals surface area contributed by atoms with E-state index in [0.717, 1.165) is 22.0 Å². The van der Waals surface area contributed by atoms with Crippen LogP contribution in [-0.2, 0) is 6.54 Å². The fraction of sp³-hybridized carbons (Fsp3) is 0.0526. The molecule has 0 unspecified atom stereocenters. The first-order valence-electron chi connectivity index (χ1n) is 7.51. The van der Waals surface area contributed by atoms with E-state index in [1.54, 1.807) is 18.3 Å². The van der Waals surface area contributed by atoms with Gasteiger partial charge in [-0.25, -0.2) is 0 Å². The van der Waals surface area contributed by atoms with Crippen LogP contribution in [0, 0.1) is 0 Å². The molecule has 5 heteroatoms. The molecule has 2 aromatic carbocycles. The van der Waals surface area contributed by atoms with E-state index in [9.17, 15) is 4.79 Å². The lowest BCUT2D eigenvalue weighted by Gasteiger charge is -2.09. The molecule has 0 saturated heterocycles. The van der Waals surface area contributed by atoms with E-state index >= 15 is 0 Å². The predicted molar refractivity (Wildman–Crippen MR) is 97.4 cm³/mol. The van der Waals surface area contributed by atoms with Crippen molar-refractivity contribution >= 4 is 28.9 Å². The number of carbonyl (C=O) groups is 1. The number of aromatic nitrogens is 1. The Balaban J connectivity index is 1.59. The van der Waals surface area contributed by atoms with Gasteiger partial charge in [0.25, 0.3) is 5.91 Å². The topological polar surface area (TPSA) is 54.0 Å². The summed E-state index contributed by atoms with van der Waals surface area (Å²) in [6, 6.07) is 18.7. The number of rotatable bonds is 5. The number of benzene rings is 2. The summed E-state index contributed by atoms with van der Waals surface area (Å²) >= 11 is 6.14. The van der Waals surface area contributed by atoms with Crippen molar-refractivity contribution in [3.05, 3.63) is 89.2 Å². The Morgan fingerprint density at radius 3 is 2.42 bits per heavy atom. The lowest BCUT2D eigenvalue weighted by molar-refractivity contribution is 0.102. The molecule has 4 nitrogen and oxygen atoms in total. The first-order valence-corrected chi connectivity index (χ1v) is 7.89. The molecule has 0 aliphatic rings. The highest BCUT2D eigenvalue weighted by Crippen LogP contribution is 2.18. The number of nitrogens with zero attached hydrogens (tertiary/aromatic N) is 1. The van der Waals surface area contributed by atoms with E-state index in [4.69, 9.17) is 11.6 Å². The highest BCUT2D eigenvalue weighted by atomic mass is 35.5. The minimum absolute atomic E-state index is 0.181. The zero-order valence-corrected chi connectivity index (χ0v) is 13.6. The largest absolute Gasteiger partial charge is 0.381 e. The molecule has 0 bridgehead atoms. The molecular formula is C19H16ClN3O. The van der Waals surface area contributed by atoms with Gasteiger partial charge in [0.2, 0.25) is 0 Å². The van der Waals surface area contributed by atoms with Crippen LogP contribution in [0.3, 0.4) is 0 Å². The number of halogens is 1. The van der Waals surface area contributed by atoms with Gasteiger partial charge in [0, 0.05) is 35.3 Å². The Bertz CT molecular complexity index is 820. The molecule has 0 spiro atoms. The third kappa shape index (κ3) is 4.12. The Kier molecular flexibility index (Phi) is 5.08. The number of anilines is 2. The van der Waals surface area contributed by atoms with Crippen molar-refractivity contribution < 1.29 is 4.79 Å². The van der Waals surface area contributed by atoms with Gasteiger partial charge in [-0.15, -0.1) is 0 Å². The predicted octanol–water partition coefficient (Wildman–Crippen LogP) is 4.60. The molecule has 2 N–H and O–H groups in total. The number of hydrogen-bond donors (Lipinski definition) is 2. The van der Waals surface area contributed by atoms with Crippen molar-refractivity contribution in [1.29, 1.82) is 0 Å². The minimum atomic E-state index is -0.181. The van der Waals surface area contributed by atoms with Crippen LogP contribution in [0.1, 0.15) is 15.9 Å². The van der Waals surface area contributed by atoms with Crippen LogP contribution in [0.5, 0.6) is 0 Å². The minimum Gasteiger partial charge on any atom is -0.381 e. The summed E-state index contributed by atoms with van der Waals surface area (Å²) in [5.74, 6) is -0.181. The molecular weight excluding hydrogens is 322 g/mol. The van der Waals surface area contributed by atoms with E-state index in [-0.39, 0.29) is 5.91 Å². The smallest absolute Gasteiger partial charge is 0.257 e. The number of amides is 1. The van der Waals surface area contributed by atoms with Crippen LogP contribution >= 0.6 is 11.6 Å². The third-order valence-corrected chi connectivity index (χ3v) is 3.88. The van der Waals surface area contributed by atoms with Crippen LogP contribution in [-0.4, -0.2) is 10.9 Å². The lowest BCUT2D eigenvalue weighted by atomic mass is 10.2. The summed E-state index contributed by atoms with van der Waals surface area (Å²) in [7, 11) is 0. The zero-order chi connectivity index (χ0) is 16.8. The molecule has 1 heterocycles. The third-order valence-electron chi connectivity index (χ3n) is 3.51. The van der Waals surface area contributed by atoms with Crippen molar-refractivity contribution in [3.8, 4) is 0 Å². The molecule has 0 aliphatic carbocycles. The Morgan fingerprint density at radius 2 is 1.71 bits per heavy atom. The second-order valence-electron chi connectivity index (χ2n) is 5.22. The summed E-state index contributed by atoms with van der Waals surface area (Å²) in [6.45, 7) is 0.640. The van der Waals surface area contributed by atoms with Gasteiger partial charge in [0.15, 0.2) is 0 Å². The summed E-state index contributed by atoms with van der Waals surface area (Å²) in [5, 5.41) is 6.89. The monoisotopic (exact) mass is 337 g/mol. The highest BCUT2D eigenvalue weighted by Gasteiger charge is 2.05. The Hall–Kier alpha value is -2.85. The van der Waals surface area contributed by atoms with Gasteiger partial charge in [0.05, 0.1) is 5.56 Å². The SMILES string of the molecule is O=C(Nc1ccc(NCc2ccccc2Cl)cc1)c1cccnc1. The van der Waals surface area contributed by atoms with Crippen molar-refractivity contribution in [2.24, 2.45) is 0 Å². The molecule has 1 aromatic heterocycles. The molecule has 3 rings (SSSR count). The van der Waals surface area contributed by atoms with E-state index in [1.807, 2.05) is 48.5 Å². The van der Waals surface area contributed by atoms with Gasteiger partial charge >= 0.3 is 0 Å². The summed E-state index contributed by atoms with van der Waals surface area (Å²) in [6.07, 6.45) is 3.17. The molecule has 0 saturated carbocycles. The molecule has 1 amide bonds. The van der Waals surface area contributed by atoms with E-state index in [1.165, 1.54) is 6.20 Å². The van der Waals surface area contributed by atoms with Crippen LogP contribution in [0.2, 0.25) is 5.02 Å². The van der Waals surface area contributed by atoms with Crippen LogP contribution in [0.25, 0.3) is 0 Å². The van der Waals surface area contributed by atoms with Gasteiger partial charge < -0.3 is 10.6 Å². The van der Waals surface area contributed by atoms with Crippen molar-refractivity contribution in [2.75, 3.05) is 10.6 Å². The van der Waals surface area contributed by atoms with E-state index in [0.29, 0.717) is 12.1 Å². The Morgan fingerprint density at radius 1 is 0.958 bits per heavy atom. The standard InChI is InChI=1S/C19H16ClN3O/c20-18-6-2-1-4-14(18)13-22-16-7-9-17(10-8-16)23-19(24)15-5-3-11-21-12-15/h1-12,22H,13H2,(H,23,24). The fourth-order valence-corrected chi connectivity index (χ4v) is 2.41. The second kappa shape index (κ2) is 7.62. The van der Waals surface area contributed by atoms with Crippen molar-refractivity contribution in [3.63, 3.8) is 0 Å². The summed E-state index contributed by atoms with van der Waals surface area (Å²) in [5.41, 5.74) is 3.24.